The fourth-order valence-electron chi connectivity index (χ4n) is 7.96. The third-order valence-corrected chi connectivity index (χ3v) is 11.4. The normalized spacial score (nSPS) is 12.0. The van der Waals surface area contributed by atoms with Crippen LogP contribution in [0.4, 0.5) is 0 Å². The predicted molar refractivity (Wildman–Crippen MR) is 243 cm³/mol. The zero-order valence-electron chi connectivity index (χ0n) is 35.4. The second-order valence-corrected chi connectivity index (χ2v) is 18.1. The number of aromatic nitrogens is 2. The number of hydrogen-bond acceptors (Lipinski definition) is 3. The van der Waals surface area contributed by atoms with E-state index in [2.05, 4.69) is 174 Å². The monoisotopic (exact) mass is 776 g/mol. The predicted octanol–water partition coefficient (Wildman–Crippen LogP) is 13.0. The maximum atomic E-state index is 14.5. The Balaban J connectivity index is 1.17. The van der Waals surface area contributed by atoms with E-state index >= 15 is 0 Å². The molecule has 0 spiro atoms. The van der Waals surface area contributed by atoms with Crippen molar-refractivity contribution in [2.24, 2.45) is 0 Å². The number of ketones is 1. The summed E-state index contributed by atoms with van der Waals surface area (Å²) in [5.74, 6) is -1.26. The highest BCUT2D eigenvalue weighted by Gasteiger charge is 2.26. The van der Waals surface area contributed by atoms with Crippen LogP contribution < -0.4 is 4.74 Å². The van der Waals surface area contributed by atoms with Gasteiger partial charge < -0.3 is 13.9 Å². The Bertz CT molecular complexity index is 2860. The van der Waals surface area contributed by atoms with Crippen LogP contribution in [0.25, 0.3) is 44.1 Å². The Hall–Kier alpha value is -6.46. The highest BCUT2D eigenvalue weighted by molar-refractivity contribution is 6.43. The van der Waals surface area contributed by atoms with Gasteiger partial charge in [0, 0.05) is 41.8 Å². The summed E-state index contributed by atoms with van der Waals surface area (Å²) in [6.45, 7) is 18.5. The number of carbonyl (C=O) groups is 2. The van der Waals surface area contributed by atoms with Gasteiger partial charge in [-0.2, -0.15) is 0 Å². The molecule has 0 aliphatic rings. The van der Waals surface area contributed by atoms with Crippen molar-refractivity contribution in [3.8, 4) is 28.0 Å². The average molecular weight is 777 g/mol. The first kappa shape index (κ1) is 39.4. The SMILES string of the molecule is Cc1cccc(-c2ccc3c(c2)c(OC(=O)C(=O)c2cn(Cc4ccc(C(C)(C)C)cc4)c4ccc(-c5cccc(C)c5)cc24)cn3Cc2ccc(C(C)(C)C)cc2)c1. The maximum Gasteiger partial charge on any atom is 0.385 e. The van der Waals surface area contributed by atoms with Gasteiger partial charge in [0.25, 0.3) is 5.78 Å². The summed E-state index contributed by atoms with van der Waals surface area (Å²) in [5.41, 5.74) is 13.3. The number of benzene rings is 6. The van der Waals surface area contributed by atoms with Crippen LogP contribution in [-0.2, 0) is 28.7 Å². The topological polar surface area (TPSA) is 53.2 Å². The largest absolute Gasteiger partial charge is 0.418 e. The molecule has 0 saturated carbocycles. The Morgan fingerprint density at radius 1 is 0.508 bits per heavy atom. The molecule has 59 heavy (non-hydrogen) atoms. The van der Waals surface area contributed by atoms with Crippen LogP contribution in [0, 0.1) is 13.8 Å². The molecule has 0 N–H and O–H groups in total. The van der Waals surface area contributed by atoms with Gasteiger partial charge in [0.2, 0.25) is 0 Å². The van der Waals surface area contributed by atoms with Crippen molar-refractivity contribution in [1.29, 1.82) is 0 Å². The van der Waals surface area contributed by atoms with E-state index in [-0.39, 0.29) is 10.8 Å². The van der Waals surface area contributed by atoms with E-state index in [4.69, 9.17) is 4.74 Å². The zero-order chi connectivity index (χ0) is 41.6. The smallest absolute Gasteiger partial charge is 0.385 e. The molecule has 0 amide bonds. The Morgan fingerprint density at radius 3 is 1.42 bits per heavy atom. The van der Waals surface area contributed by atoms with Gasteiger partial charge in [0.15, 0.2) is 5.75 Å². The summed E-state index contributed by atoms with van der Waals surface area (Å²) in [6.07, 6.45) is 3.67. The molecule has 2 heterocycles. The molecule has 296 valence electrons. The van der Waals surface area contributed by atoms with Crippen molar-refractivity contribution < 1.29 is 14.3 Å². The molecule has 8 aromatic rings. The molecule has 0 aliphatic heterocycles. The van der Waals surface area contributed by atoms with E-state index in [1.165, 1.54) is 11.1 Å². The summed E-state index contributed by atoms with van der Waals surface area (Å²) in [5, 5.41) is 1.47. The minimum atomic E-state index is -0.922. The lowest BCUT2D eigenvalue weighted by molar-refractivity contribution is -0.129. The average Bonchev–Trinajstić information content (AvgIpc) is 3.73. The van der Waals surface area contributed by atoms with Gasteiger partial charge in [-0.05, 0) is 93.5 Å². The number of ether oxygens (including phenoxy) is 1. The third kappa shape index (κ3) is 8.29. The molecule has 2 aromatic heterocycles. The molecule has 5 heteroatoms. The van der Waals surface area contributed by atoms with Gasteiger partial charge in [-0.1, -0.05) is 162 Å². The second-order valence-electron chi connectivity index (χ2n) is 18.1. The molecule has 0 aliphatic carbocycles. The van der Waals surface area contributed by atoms with Gasteiger partial charge in [-0.3, -0.25) is 4.79 Å². The van der Waals surface area contributed by atoms with E-state index in [1.54, 1.807) is 0 Å². The van der Waals surface area contributed by atoms with E-state index in [9.17, 15) is 9.59 Å². The molecule has 0 bridgehead atoms. The van der Waals surface area contributed by atoms with Crippen LogP contribution in [0.5, 0.6) is 5.75 Å². The van der Waals surface area contributed by atoms with Crippen LogP contribution in [0.15, 0.2) is 146 Å². The Morgan fingerprint density at radius 2 is 0.949 bits per heavy atom. The zero-order valence-corrected chi connectivity index (χ0v) is 35.4. The van der Waals surface area contributed by atoms with Crippen molar-refractivity contribution >= 4 is 33.6 Å². The quantitative estimate of drug-likeness (QED) is 0.0833. The molecule has 8 rings (SSSR count). The fraction of sp³-hybridized carbons (Fsp3) is 0.222. The number of rotatable bonds is 9. The van der Waals surface area contributed by atoms with Crippen LogP contribution >= 0.6 is 0 Å². The third-order valence-electron chi connectivity index (χ3n) is 11.4. The summed E-state index contributed by atoms with van der Waals surface area (Å²) < 4.78 is 10.3. The maximum absolute atomic E-state index is 14.5. The molecule has 5 nitrogen and oxygen atoms in total. The summed E-state index contributed by atoms with van der Waals surface area (Å²) in [4.78, 5) is 28.7. The van der Waals surface area contributed by atoms with Crippen molar-refractivity contribution in [3.05, 3.63) is 185 Å². The summed E-state index contributed by atoms with van der Waals surface area (Å²) in [7, 11) is 0. The Labute approximate surface area is 347 Å². The number of hydrogen-bond donors (Lipinski definition) is 0. The molecular formula is C54H52N2O3. The van der Waals surface area contributed by atoms with Gasteiger partial charge in [-0.25, -0.2) is 4.79 Å². The minimum absolute atomic E-state index is 0.0387. The minimum Gasteiger partial charge on any atom is -0.418 e. The standard InChI is InChI=1S/C54H52N2O3/c1-35-11-9-13-39(27-35)41-19-25-48-45(29-41)47(33-55(48)31-37-15-21-43(22-16-37)53(3,4)5)51(57)52(58)59-50-34-56(32-38-17-23-44(24-18-38)54(6,7)8)49-26-20-42(30-46(49)50)40-14-10-12-36(2)28-40/h9-30,33-34H,31-32H2,1-8H3. The Kier molecular flexibility index (Phi) is 10.3. The van der Waals surface area contributed by atoms with Crippen LogP contribution in [0.3, 0.4) is 0 Å². The lowest BCUT2D eigenvalue weighted by Crippen LogP contribution is -2.20. The number of Topliss-reactive ketones (excluding diaryl/α,β-unsaturated/α-hetero) is 1. The van der Waals surface area contributed by atoms with Gasteiger partial charge in [0.1, 0.15) is 0 Å². The highest BCUT2D eigenvalue weighted by Crippen LogP contribution is 2.35. The number of esters is 1. The van der Waals surface area contributed by atoms with Gasteiger partial charge in [-0.15, -0.1) is 0 Å². The molecular weight excluding hydrogens is 725 g/mol. The van der Waals surface area contributed by atoms with Gasteiger partial charge in [0.05, 0.1) is 11.1 Å². The van der Waals surface area contributed by atoms with Crippen LogP contribution in [0.1, 0.15) is 85.3 Å². The number of carbonyl (C=O) groups excluding carboxylic acids is 2. The fourth-order valence-corrected chi connectivity index (χ4v) is 7.96. The van der Waals surface area contributed by atoms with Gasteiger partial charge >= 0.3 is 5.97 Å². The second kappa shape index (κ2) is 15.4. The highest BCUT2D eigenvalue weighted by atomic mass is 16.5. The van der Waals surface area contributed by atoms with E-state index in [0.29, 0.717) is 29.8 Å². The lowest BCUT2D eigenvalue weighted by atomic mass is 9.87. The summed E-state index contributed by atoms with van der Waals surface area (Å²) in [6, 6.07) is 46.3. The molecule has 0 unspecified atom stereocenters. The molecule has 0 fully saturated rings. The first-order valence-corrected chi connectivity index (χ1v) is 20.5. The number of aryl methyl sites for hydroxylation is 2. The molecule has 0 saturated heterocycles. The first-order chi connectivity index (χ1) is 28.1. The van der Waals surface area contributed by atoms with Crippen molar-refractivity contribution in [1.82, 2.24) is 9.13 Å². The van der Waals surface area contributed by atoms with E-state index in [1.807, 2.05) is 36.7 Å². The number of nitrogens with zero attached hydrogens (tertiary/aromatic N) is 2. The van der Waals surface area contributed by atoms with E-state index < -0.39 is 11.8 Å². The number of fused-ring (bicyclic) bond motifs is 2. The molecule has 6 aromatic carbocycles. The molecule has 0 atom stereocenters. The van der Waals surface area contributed by atoms with Crippen molar-refractivity contribution in [3.63, 3.8) is 0 Å². The summed E-state index contributed by atoms with van der Waals surface area (Å²) >= 11 is 0. The molecule has 0 radical (unpaired) electrons. The van der Waals surface area contributed by atoms with Crippen LogP contribution in [0.2, 0.25) is 0 Å². The first-order valence-electron chi connectivity index (χ1n) is 20.5. The van der Waals surface area contributed by atoms with E-state index in [0.717, 1.165) is 60.9 Å². The van der Waals surface area contributed by atoms with Crippen molar-refractivity contribution in [2.75, 3.05) is 0 Å². The van der Waals surface area contributed by atoms with Crippen LogP contribution in [-0.4, -0.2) is 20.9 Å². The van der Waals surface area contributed by atoms with Crippen molar-refractivity contribution in [2.45, 2.75) is 79.3 Å². The lowest BCUT2D eigenvalue weighted by Gasteiger charge is -2.19.